The van der Waals surface area contributed by atoms with Gasteiger partial charge in [-0.25, -0.2) is 4.98 Å². The lowest BCUT2D eigenvalue weighted by atomic mass is 9.97. The summed E-state index contributed by atoms with van der Waals surface area (Å²) in [6, 6.07) is 7.76. The Morgan fingerprint density at radius 2 is 1.97 bits per heavy atom. The van der Waals surface area contributed by atoms with E-state index in [0.717, 1.165) is 41.9 Å². The van der Waals surface area contributed by atoms with Crippen molar-refractivity contribution in [2.75, 3.05) is 10.6 Å². The van der Waals surface area contributed by atoms with Gasteiger partial charge in [-0.1, -0.05) is 37.3 Å². The zero-order chi connectivity index (χ0) is 25.7. The Bertz CT molecular complexity index is 1230. The van der Waals surface area contributed by atoms with Crippen molar-refractivity contribution in [1.29, 1.82) is 0 Å². The van der Waals surface area contributed by atoms with E-state index in [-0.39, 0.29) is 23.7 Å². The highest BCUT2D eigenvalue weighted by atomic mass is 35.5. The molecule has 190 valence electrons. The molecule has 0 spiro atoms. The number of aryl methyl sites for hydroxylation is 1. The topological polar surface area (TPSA) is 116 Å². The van der Waals surface area contributed by atoms with E-state index in [0.29, 0.717) is 27.9 Å². The number of carbonyl (C=O) groups excluding carboxylic acids is 2. The minimum Gasteiger partial charge on any atom is -0.493 e. The van der Waals surface area contributed by atoms with Gasteiger partial charge in [0.1, 0.15) is 6.04 Å². The largest absolute Gasteiger partial charge is 0.493 e. The molecule has 10 heteroatoms. The third kappa shape index (κ3) is 6.73. The minimum atomic E-state index is -0.683. The molecule has 36 heavy (non-hydrogen) atoms. The van der Waals surface area contributed by atoms with E-state index in [9.17, 15) is 14.7 Å². The molecule has 8 nitrogen and oxygen atoms in total. The molecule has 3 aromatic heterocycles. The minimum absolute atomic E-state index is 0.0625. The maximum absolute atomic E-state index is 13.2. The Kier molecular flexibility index (Phi) is 8.43. The van der Waals surface area contributed by atoms with Gasteiger partial charge in [0, 0.05) is 29.0 Å². The van der Waals surface area contributed by atoms with Gasteiger partial charge in [-0.15, -0.1) is 11.3 Å². The molecule has 3 aromatic rings. The number of aromatic hydroxyl groups is 1. The van der Waals surface area contributed by atoms with E-state index in [2.05, 4.69) is 25.9 Å². The van der Waals surface area contributed by atoms with Crippen molar-refractivity contribution in [2.24, 2.45) is 5.92 Å². The average Bonchev–Trinajstić information content (AvgIpc) is 3.53. The first-order valence-electron chi connectivity index (χ1n) is 12.0. The highest BCUT2D eigenvalue weighted by Crippen LogP contribution is 2.30. The number of hydrogen-bond donors (Lipinski definition) is 4. The maximum Gasteiger partial charge on any atom is 0.262 e. The fourth-order valence-electron chi connectivity index (χ4n) is 4.43. The Labute approximate surface area is 219 Å². The van der Waals surface area contributed by atoms with Gasteiger partial charge >= 0.3 is 0 Å². The van der Waals surface area contributed by atoms with Crippen molar-refractivity contribution >= 4 is 46.1 Å². The number of rotatable bonds is 9. The van der Waals surface area contributed by atoms with Crippen LogP contribution in [0.2, 0.25) is 5.02 Å². The summed E-state index contributed by atoms with van der Waals surface area (Å²) in [5.74, 6) is -0.377. The molecule has 0 radical (unpaired) electrons. The molecule has 3 heterocycles. The van der Waals surface area contributed by atoms with Crippen molar-refractivity contribution in [1.82, 2.24) is 15.3 Å². The second-order valence-corrected chi connectivity index (χ2v) is 10.7. The standard InChI is InChI=1S/C26H30ClN5O3S/c1-15-20(12-18(27)14-29-15)30-16(2)22-7-8-23(36-22)26(35)32-21(11-17-5-3-4-6-17)25(34)31-19-9-10-28-24(33)13-19/h7-10,12-14,16-17,21,30H,3-6,11H2,1-2H3,(H,32,35)(H2,28,31,33,34). The van der Waals surface area contributed by atoms with Crippen LogP contribution in [-0.2, 0) is 4.79 Å². The summed E-state index contributed by atoms with van der Waals surface area (Å²) in [5.41, 5.74) is 2.11. The molecule has 0 bridgehead atoms. The van der Waals surface area contributed by atoms with Gasteiger partial charge in [-0.3, -0.25) is 14.6 Å². The van der Waals surface area contributed by atoms with Crippen LogP contribution < -0.4 is 16.0 Å². The lowest BCUT2D eigenvalue weighted by molar-refractivity contribution is -0.118. The van der Waals surface area contributed by atoms with Gasteiger partial charge in [-0.2, -0.15) is 0 Å². The molecule has 1 aliphatic rings. The van der Waals surface area contributed by atoms with Gasteiger partial charge in [-0.05, 0) is 50.5 Å². The molecule has 4 N–H and O–H groups in total. The normalized spacial score (nSPS) is 15.3. The van der Waals surface area contributed by atoms with Crippen LogP contribution in [0.3, 0.4) is 0 Å². The van der Waals surface area contributed by atoms with Crippen molar-refractivity contribution < 1.29 is 14.7 Å². The zero-order valence-corrected chi connectivity index (χ0v) is 21.8. The second-order valence-electron chi connectivity index (χ2n) is 9.16. The first kappa shape index (κ1) is 25.9. The first-order valence-corrected chi connectivity index (χ1v) is 13.2. The summed E-state index contributed by atoms with van der Waals surface area (Å²) in [4.78, 5) is 35.8. The van der Waals surface area contributed by atoms with E-state index >= 15 is 0 Å². The van der Waals surface area contributed by atoms with Crippen LogP contribution in [0.4, 0.5) is 11.4 Å². The smallest absolute Gasteiger partial charge is 0.262 e. The molecule has 4 rings (SSSR count). The highest BCUT2D eigenvalue weighted by molar-refractivity contribution is 7.14. The molecular formula is C26H30ClN5O3S. The van der Waals surface area contributed by atoms with Crippen LogP contribution in [0.5, 0.6) is 5.88 Å². The molecular weight excluding hydrogens is 498 g/mol. The molecule has 2 atom stereocenters. The lowest BCUT2D eigenvalue weighted by Gasteiger charge is -2.21. The molecule has 1 saturated carbocycles. The summed E-state index contributed by atoms with van der Waals surface area (Å²) in [5, 5.41) is 19.3. The van der Waals surface area contributed by atoms with E-state index < -0.39 is 6.04 Å². The number of thiophene rings is 1. The quantitative estimate of drug-likeness (QED) is 0.284. The highest BCUT2D eigenvalue weighted by Gasteiger charge is 2.28. The number of pyridine rings is 2. The van der Waals surface area contributed by atoms with Gasteiger partial charge in [0.2, 0.25) is 11.8 Å². The van der Waals surface area contributed by atoms with Gasteiger partial charge in [0.05, 0.1) is 27.3 Å². The number of anilines is 2. The predicted molar refractivity (Wildman–Crippen MR) is 143 cm³/mol. The number of aromatic nitrogens is 2. The number of nitrogens with zero attached hydrogens (tertiary/aromatic N) is 2. The number of halogens is 1. The Balaban J connectivity index is 1.44. The predicted octanol–water partition coefficient (Wildman–Crippen LogP) is 5.70. The van der Waals surface area contributed by atoms with Crippen LogP contribution in [0.15, 0.2) is 42.7 Å². The van der Waals surface area contributed by atoms with Crippen LogP contribution in [0.1, 0.15) is 65.3 Å². The average molecular weight is 528 g/mol. The van der Waals surface area contributed by atoms with Crippen LogP contribution in [0.25, 0.3) is 0 Å². The van der Waals surface area contributed by atoms with Crippen LogP contribution in [-0.4, -0.2) is 32.9 Å². The van der Waals surface area contributed by atoms with Crippen LogP contribution >= 0.6 is 22.9 Å². The molecule has 2 unspecified atom stereocenters. The molecule has 0 aliphatic heterocycles. The lowest BCUT2D eigenvalue weighted by Crippen LogP contribution is -2.44. The van der Waals surface area contributed by atoms with Gasteiger partial charge in [0.25, 0.3) is 5.91 Å². The van der Waals surface area contributed by atoms with E-state index in [4.69, 9.17) is 11.6 Å². The Hall–Kier alpha value is -3.17. The number of nitrogens with one attached hydrogen (secondary N) is 3. The third-order valence-electron chi connectivity index (χ3n) is 6.38. The zero-order valence-electron chi connectivity index (χ0n) is 20.3. The summed E-state index contributed by atoms with van der Waals surface area (Å²) in [7, 11) is 0. The maximum atomic E-state index is 13.2. The fourth-order valence-corrected chi connectivity index (χ4v) is 5.50. The third-order valence-corrected chi connectivity index (χ3v) is 7.85. The number of carbonyl (C=O) groups is 2. The van der Waals surface area contributed by atoms with Crippen molar-refractivity contribution in [2.45, 2.75) is 58.0 Å². The second kappa shape index (κ2) is 11.7. The molecule has 1 aliphatic carbocycles. The van der Waals surface area contributed by atoms with Crippen molar-refractivity contribution in [3.05, 3.63) is 63.2 Å². The first-order chi connectivity index (χ1) is 17.3. The van der Waals surface area contributed by atoms with E-state index in [1.165, 1.54) is 23.6 Å². The fraction of sp³-hybridized carbons (Fsp3) is 0.385. The molecule has 0 saturated heterocycles. The van der Waals surface area contributed by atoms with Gasteiger partial charge in [0.15, 0.2) is 0 Å². The molecule has 1 fully saturated rings. The van der Waals surface area contributed by atoms with Crippen LogP contribution in [0, 0.1) is 12.8 Å². The van der Waals surface area contributed by atoms with Crippen molar-refractivity contribution in [3.8, 4) is 5.88 Å². The monoisotopic (exact) mass is 527 g/mol. The number of amides is 2. The number of hydrogen-bond acceptors (Lipinski definition) is 7. The molecule has 0 aromatic carbocycles. The molecule has 2 amide bonds. The van der Waals surface area contributed by atoms with E-state index in [1.807, 2.05) is 26.0 Å². The Morgan fingerprint density at radius 3 is 2.72 bits per heavy atom. The van der Waals surface area contributed by atoms with Gasteiger partial charge < -0.3 is 21.1 Å². The summed E-state index contributed by atoms with van der Waals surface area (Å²) < 4.78 is 0. The van der Waals surface area contributed by atoms with E-state index in [1.54, 1.807) is 18.3 Å². The summed E-state index contributed by atoms with van der Waals surface area (Å²) >= 11 is 7.46. The summed E-state index contributed by atoms with van der Waals surface area (Å²) in [6.07, 6.45) is 8.00. The summed E-state index contributed by atoms with van der Waals surface area (Å²) in [6.45, 7) is 3.91. The van der Waals surface area contributed by atoms with Crippen molar-refractivity contribution in [3.63, 3.8) is 0 Å². The SMILES string of the molecule is Cc1ncc(Cl)cc1NC(C)c1ccc(C(=O)NC(CC2CCCC2)C(=O)Nc2ccnc(O)c2)s1. The Morgan fingerprint density at radius 1 is 1.19 bits per heavy atom.